The smallest absolute Gasteiger partial charge is 0.349 e. The zero-order chi connectivity index (χ0) is 37.5. The maximum atomic E-state index is 14.5. The minimum absolute atomic E-state index is 0.0514. The number of carbonyl (C=O) groups is 2. The molecule has 2 aliphatic heterocycles. The zero-order valence-corrected chi connectivity index (χ0v) is 27.5. The molecule has 2 aliphatic rings. The Kier molecular flexibility index (Phi) is 10.4. The lowest BCUT2D eigenvalue weighted by Gasteiger charge is -2.37. The van der Waals surface area contributed by atoms with Gasteiger partial charge in [0.05, 0.1) is 16.8 Å². The molecule has 0 N–H and O–H groups in total. The number of rotatable bonds is 7. The Hall–Kier alpha value is -4.32. The van der Waals surface area contributed by atoms with Gasteiger partial charge in [-0.3, -0.25) is 4.79 Å². The van der Waals surface area contributed by atoms with Crippen molar-refractivity contribution in [2.45, 2.75) is 47.5 Å². The van der Waals surface area contributed by atoms with Gasteiger partial charge in [0.15, 0.2) is 9.84 Å². The van der Waals surface area contributed by atoms with Crippen LogP contribution in [0.5, 0.6) is 0 Å². The molecule has 8 nitrogen and oxygen atoms in total. The molecule has 2 heterocycles. The summed E-state index contributed by atoms with van der Waals surface area (Å²) in [5.74, 6) is -5.00. The molecule has 276 valence electrons. The SMILES string of the molecule is CC(=O)N1CCN(C(=O)N2CC(c3ccc(C(OCc4c(F)cccc4F)(C(F)(F)F)C(F)(F)F)cc3)C(S(=O)(=O)c3ccc(F)cc3)C2)CC1. The molecule has 2 fully saturated rings. The Morgan fingerprint density at radius 1 is 0.745 bits per heavy atom. The van der Waals surface area contributed by atoms with E-state index in [9.17, 15) is 57.5 Å². The lowest BCUT2D eigenvalue weighted by molar-refractivity contribution is -0.392. The van der Waals surface area contributed by atoms with Crippen molar-refractivity contribution in [2.24, 2.45) is 0 Å². The lowest BCUT2D eigenvalue weighted by atomic mass is 9.88. The fraction of sp³-hybridized carbons (Fsp3) is 0.394. The molecule has 2 atom stereocenters. The first-order valence-electron chi connectivity index (χ1n) is 15.4. The molecule has 0 saturated carbocycles. The Labute approximate surface area is 286 Å². The van der Waals surface area contributed by atoms with Gasteiger partial charge in [0.1, 0.15) is 17.5 Å². The quantitative estimate of drug-likeness (QED) is 0.213. The van der Waals surface area contributed by atoms with Gasteiger partial charge < -0.3 is 19.4 Å². The summed E-state index contributed by atoms with van der Waals surface area (Å²) in [6.45, 7) is -0.466. The maximum absolute atomic E-state index is 14.5. The first-order valence-corrected chi connectivity index (χ1v) is 16.9. The molecule has 0 bridgehead atoms. The molecule has 2 unspecified atom stereocenters. The van der Waals surface area contributed by atoms with E-state index in [1.54, 1.807) is 0 Å². The highest BCUT2D eigenvalue weighted by molar-refractivity contribution is 7.92. The molecule has 0 spiro atoms. The Morgan fingerprint density at radius 2 is 1.27 bits per heavy atom. The summed E-state index contributed by atoms with van der Waals surface area (Å²) >= 11 is 0. The van der Waals surface area contributed by atoms with Crippen molar-refractivity contribution in [3.63, 3.8) is 0 Å². The highest BCUT2D eigenvalue weighted by Gasteiger charge is 2.73. The minimum atomic E-state index is -6.20. The van der Waals surface area contributed by atoms with Crippen LogP contribution in [0.3, 0.4) is 0 Å². The summed E-state index contributed by atoms with van der Waals surface area (Å²) in [5, 5.41) is -1.47. The molecule has 3 aromatic rings. The van der Waals surface area contributed by atoms with E-state index < -0.39 is 86.7 Å². The molecule has 2 saturated heterocycles. The van der Waals surface area contributed by atoms with E-state index in [1.165, 1.54) is 21.6 Å². The lowest BCUT2D eigenvalue weighted by Crippen LogP contribution is -2.55. The van der Waals surface area contributed by atoms with Crippen LogP contribution in [0.4, 0.5) is 44.3 Å². The highest BCUT2D eigenvalue weighted by Crippen LogP contribution is 2.53. The average Bonchev–Trinajstić information content (AvgIpc) is 3.52. The largest absolute Gasteiger partial charge is 0.430 e. The topological polar surface area (TPSA) is 87.2 Å². The van der Waals surface area contributed by atoms with Crippen LogP contribution < -0.4 is 0 Å². The third-order valence-corrected chi connectivity index (χ3v) is 11.3. The predicted octanol–water partition coefficient (Wildman–Crippen LogP) is 6.17. The number of ether oxygens (including phenoxy) is 1. The summed E-state index contributed by atoms with van der Waals surface area (Å²) in [7, 11) is -4.39. The van der Waals surface area contributed by atoms with Crippen LogP contribution in [0.15, 0.2) is 71.6 Å². The average molecular weight is 752 g/mol. The predicted molar refractivity (Wildman–Crippen MR) is 162 cm³/mol. The number of hydrogen-bond acceptors (Lipinski definition) is 5. The molecular formula is C33H30F9N3O5S. The molecule has 3 aromatic carbocycles. The zero-order valence-electron chi connectivity index (χ0n) is 26.6. The van der Waals surface area contributed by atoms with Gasteiger partial charge in [-0.05, 0) is 42.0 Å². The number of benzene rings is 3. The van der Waals surface area contributed by atoms with Crippen molar-refractivity contribution < 1.29 is 62.3 Å². The van der Waals surface area contributed by atoms with E-state index in [-0.39, 0.29) is 49.1 Å². The van der Waals surface area contributed by atoms with E-state index in [0.717, 1.165) is 42.5 Å². The van der Waals surface area contributed by atoms with Crippen LogP contribution in [0, 0.1) is 17.5 Å². The van der Waals surface area contributed by atoms with Crippen LogP contribution in [0.25, 0.3) is 0 Å². The maximum Gasteiger partial charge on any atom is 0.430 e. The number of urea groups is 1. The summed E-state index contributed by atoms with van der Waals surface area (Å²) in [4.78, 5) is 29.0. The van der Waals surface area contributed by atoms with Gasteiger partial charge in [-0.2, -0.15) is 26.3 Å². The third-order valence-electron chi connectivity index (χ3n) is 9.11. The van der Waals surface area contributed by atoms with Crippen LogP contribution in [0.2, 0.25) is 0 Å². The number of likely N-dealkylation sites (tertiary alicyclic amines) is 1. The molecule has 0 aromatic heterocycles. The summed E-state index contributed by atoms with van der Waals surface area (Å²) in [6.07, 6.45) is -12.4. The number of amides is 3. The van der Waals surface area contributed by atoms with Crippen molar-refractivity contribution in [3.05, 3.63) is 101 Å². The van der Waals surface area contributed by atoms with E-state index in [0.29, 0.717) is 24.3 Å². The van der Waals surface area contributed by atoms with Gasteiger partial charge >= 0.3 is 18.4 Å². The van der Waals surface area contributed by atoms with Crippen LogP contribution in [-0.2, 0) is 31.6 Å². The first kappa shape index (κ1) is 37.9. The van der Waals surface area contributed by atoms with Gasteiger partial charge in [-0.25, -0.2) is 26.4 Å². The van der Waals surface area contributed by atoms with Crippen molar-refractivity contribution in [1.82, 2.24) is 14.7 Å². The summed E-state index contributed by atoms with van der Waals surface area (Å²) in [6, 6.07) is 7.85. The van der Waals surface area contributed by atoms with Crippen molar-refractivity contribution >= 4 is 21.8 Å². The molecule has 0 aliphatic carbocycles. The van der Waals surface area contributed by atoms with Crippen LogP contribution in [-0.4, -0.2) is 91.9 Å². The molecule has 3 amide bonds. The van der Waals surface area contributed by atoms with Gasteiger partial charge in [0, 0.05) is 63.2 Å². The fourth-order valence-corrected chi connectivity index (χ4v) is 8.24. The number of nitrogens with zero attached hydrogens (tertiary/aromatic N) is 3. The van der Waals surface area contributed by atoms with Gasteiger partial charge in [0.2, 0.25) is 5.91 Å². The summed E-state index contributed by atoms with van der Waals surface area (Å²) < 4.78 is 161. The fourth-order valence-electron chi connectivity index (χ4n) is 6.33. The minimum Gasteiger partial charge on any atom is -0.349 e. The van der Waals surface area contributed by atoms with Gasteiger partial charge in [-0.1, -0.05) is 30.3 Å². The number of sulfone groups is 1. The monoisotopic (exact) mass is 751 g/mol. The van der Waals surface area contributed by atoms with Crippen LogP contribution in [0.1, 0.15) is 29.5 Å². The highest BCUT2D eigenvalue weighted by atomic mass is 32.2. The van der Waals surface area contributed by atoms with Crippen LogP contribution >= 0.6 is 0 Å². The molecular weight excluding hydrogens is 721 g/mol. The second-order valence-corrected chi connectivity index (χ2v) is 14.3. The van der Waals surface area contributed by atoms with E-state index >= 15 is 0 Å². The molecule has 5 rings (SSSR count). The number of carbonyl (C=O) groups excluding carboxylic acids is 2. The van der Waals surface area contributed by atoms with Crippen molar-refractivity contribution in [1.29, 1.82) is 0 Å². The first-order chi connectivity index (χ1) is 23.8. The normalized spacial score (nSPS) is 19.1. The Bertz CT molecular complexity index is 1830. The Morgan fingerprint density at radius 3 is 1.78 bits per heavy atom. The third kappa shape index (κ3) is 7.24. The molecule has 51 heavy (non-hydrogen) atoms. The standard InChI is InChI=1S/C33H30F9N3O5S/c1-20(46)43-13-15-44(16-14-43)30(47)45-17-25(29(18-45)51(48,49)24-11-9-23(34)10-12-24)21-5-7-22(8-6-21)31(32(37,38)39,33(40,41)42)50-19-26-27(35)3-2-4-28(26)36/h2-12,25,29H,13-19H2,1H3. The van der Waals surface area contributed by atoms with Gasteiger partial charge in [-0.15, -0.1) is 0 Å². The van der Waals surface area contributed by atoms with E-state index in [4.69, 9.17) is 0 Å². The Balaban J connectivity index is 1.51. The van der Waals surface area contributed by atoms with E-state index in [1.807, 2.05) is 0 Å². The summed E-state index contributed by atoms with van der Waals surface area (Å²) in [5.41, 5.74) is -7.79. The van der Waals surface area contributed by atoms with E-state index in [2.05, 4.69) is 4.74 Å². The van der Waals surface area contributed by atoms with Crippen molar-refractivity contribution in [2.75, 3.05) is 39.3 Å². The number of piperazine rings is 1. The number of alkyl halides is 6. The van der Waals surface area contributed by atoms with Gasteiger partial charge in [0.25, 0.3) is 5.60 Å². The number of hydrogen-bond donors (Lipinski definition) is 0. The molecule has 18 heteroatoms. The number of halogens is 9. The second kappa shape index (κ2) is 14.0. The molecule has 0 radical (unpaired) electrons. The second-order valence-electron chi connectivity index (χ2n) is 12.1. The van der Waals surface area contributed by atoms with Crippen molar-refractivity contribution in [3.8, 4) is 0 Å².